The fourth-order valence-corrected chi connectivity index (χ4v) is 2.14. The van der Waals surface area contributed by atoms with Crippen molar-refractivity contribution in [3.8, 4) is 0 Å². The second-order valence-electron chi connectivity index (χ2n) is 4.91. The summed E-state index contributed by atoms with van der Waals surface area (Å²) in [4.78, 5) is 0. The first-order valence-electron chi connectivity index (χ1n) is 6.29. The monoisotopic (exact) mass is 335 g/mol. The number of rotatable bonds is 2. The van der Waals surface area contributed by atoms with E-state index in [1.165, 1.54) is 0 Å². The van der Waals surface area contributed by atoms with Crippen LogP contribution in [0.4, 0.5) is 32.0 Å². The highest BCUT2D eigenvalue weighted by atomic mass is 19.4. The van der Waals surface area contributed by atoms with Gasteiger partial charge < -0.3 is 10.8 Å². The minimum atomic E-state index is -5.23. The number of alkyl halides is 6. The van der Waals surface area contributed by atoms with Crippen LogP contribution < -0.4 is 5.73 Å². The van der Waals surface area contributed by atoms with Crippen LogP contribution in [-0.2, 0) is 11.8 Å². The molecule has 0 aliphatic carbocycles. The molecule has 0 bridgehead atoms. The van der Waals surface area contributed by atoms with Gasteiger partial charge in [-0.05, 0) is 35.4 Å². The molecular weight excluding hydrogens is 324 g/mol. The van der Waals surface area contributed by atoms with Gasteiger partial charge in [0.15, 0.2) is 0 Å². The lowest BCUT2D eigenvalue weighted by atomic mass is 9.85. The van der Waals surface area contributed by atoms with Crippen LogP contribution in [0.1, 0.15) is 16.7 Å². The maximum Gasteiger partial charge on any atom is 0.425 e. The largest absolute Gasteiger partial charge is 0.425 e. The molecule has 23 heavy (non-hydrogen) atoms. The van der Waals surface area contributed by atoms with E-state index in [0.717, 1.165) is 36.4 Å². The Balaban J connectivity index is 2.67. The Kier molecular flexibility index (Phi) is 4.06. The second kappa shape index (κ2) is 5.45. The number of benzene rings is 2. The molecule has 0 heterocycles. The van der Waals surface area contributed by atoms with E-state index in [1.54, 1.807) is 0 Å². The Labute approximate surface area is 127 Å². The van der Waals surface area contributed by atoms with Crippen LogP contribution in [0.2, 0.25) is 0 Å². The van der Waals surface area contributed by atoms with Crippen molar-refractivity contribution in [3.05, 3.63) is 65.2 Å². The minimum Gasteiger partial charge on any atom is -0.399 e. The molecule has 0 spiro atoms. The zero-order valence-corrected chi connectivity index (χ0v) is 11.4. The van der Waals surface area contributed by atoms with Gasteiger partial charge in [0, 0.05) is 5.69 Å². The van der Waals surface area contributed by atoms with E-state index in [-0.39, 0.29) is 11.8 Å². The fourth-order valence-electron chi connectivity index (χ4n) is 2.14. The van der Waals surface area contributed by atoms with E-state index in [4.69, 9.17) is 5.73 Å². The highest BCUT2D eigenvalue weighted by Gasteiger charge is 2.56. The molecule has 124 valence electrons. The van der Waals surface area contributed by atoms with Crippen molar-refractivity contribution in [2.24, 2.45) is 0 Å². The predicted molar refractivity (Wildman–Crippen MR) is 71.4 cm³/mol. The van der Waals surface area contributed by atoms with E-state index < -0.39 is 34.6 Å². The molecule has 0 saturated heterocycles. The number of anilines is 1. The summed E-state index contributed by atoms with van der Waals surface area (Å²) >= 11 is 0. The normalized spacial score (nSPS) is 15.3. The SMILES string of the molecule is Nc1ccc(C(O)(c2cccc(C(F)(F)F)c2)C(F)(F)F)cc1. The molecule has 2 rings (SSSR count). The average Bonchev–Trinajstić information content (AvgIpc) is 2.45. The van der Waals surface area contributed by atoms with Crippen LogP contribution in [0.3, 0.4) is 0 Å². The van der Waals surface area contributed by atoms with E-state index in [9.17, 15) is 31.4 Å². The van der Waals surface area contributed by atoms with E-state index in [1.807, 2.05) is 0 Å². The van der Waals surface area contributed by atoms with Crippen LogP contribution in [0.25, 0.3) is 0 Å². The van der Waals surface area contributed by atoms with E-state index in [0.29, 0.717) is 6.07 Å². The summed E-state index contributed by atoms with van der Waals surface area (Å²) in [6.07, 6.45) is -10.1. The molecule has 0 fully saturated rings. The van der Waals surface area contributed by atoms with Crippen LogP contribution in [0, 0.1) is 0 Å². The smallest absolute Gasteiger partial charge is 0.399 e. The Bertz CT molecular complexity index is 692. The molecule has 0 aliphatic rings. The van der Waals surface area contributed by atoms with Gasteiger partial charge in [-0.15, -0.1) is 0 Å². The minimum absolute atomic E-state index is 0.155. The second-order valence-corrected chi connectivity index (χ2v) is 4.91. The van der Waals surface area contributed by atoms with Crippen molar-refractivity contribution < 1.29 is 31.4 Å². The van der Waals surface area contributed by atoms with Gasteiger partial charge in [-0.2, -0.15) is 26.3 Å². The topological polar surface area (TPSA) is 46.2 Å². The molecule has 0 aliphatic heterocycles. The van der Waals surface area contributed by atoms with Crippen LogP contribution >= 0.6 is 0 Å². The first-order chi connectivity index (χ1) is 10.5. The lowest BCUT2D eigenvalue weighted by Crippen LogP contribution is -2.43. The Hall–Kier alpha value is -2.22. The molecule has 8 heteroatoms. The Morgan fingerprint density at radius 2 is 1.26 bits per heavy atom. The summed E-state index contributed by atoms with van der Waals surface area (Å²) in [6.45, 7) is 0. The molecule has 2 aromatic rings. The maximum absolute atomic E-state index is 13.4. The van der Waals surface area contributed by atoms with Crippen molar-refractivity contribution in [3.63, 3.8) is 0 Å². The third-order valence-electron chi connectivity index (χ3n) is 3.35. The standard InChI is InChI=1S/C15H11F6NO/c16-14(17,18)11-3-1-2-10(8-11)13(23,15(19,20)21)9-4-6-12(22)7-5-9/h1-8,23H,22H2. The summed E-state index contributed by atoms with van der Waals surface area (Å²) < 4.78 is 78.5. The first kappa shape index (κ1) is 17.1. The molecular formula is C15H11F6NO. The highest BCUT2D eigenvalue weighted by molar-refractivity contribution is 5.46. The van der Waals surface area contributed by atoms with Crippen molar-refractivity contribution in [2.45, 2.75) is 18.0 Å². The van der Waals surface area contributed by atoms with Gasteiger partial charge in [0.25, 0.3) is 0 Å². The Morgan fingerprint density at radius 3 is 1.74 bits per heavy atom. The van der Waals surface area contributed by atoms with Crippen molar-refractivity contribution in [1.82, 2.24) is 0 Å². The third-order valence-corrected chi connectivity index (χ3v) is 3.35. The molecule has 0 aromatic heterocycles. The number of hydrogen-bond acceptors (Lipinski definition) is 2. The van der Waals surface area contributed by atoms with Crippen LogP contribution in [0.5, 0.6) is 0 Å². The lowest BCUT2D eigenvalue weighted by Gasteiger charge is -2.32. The van der Waals surface area contributed by atoms with Crippen LogP contribution in [0.15, 0.2) is 48.5 Å². The lowest BCUT2D eigenvalue weighted by molar-refractivity contribution is -0.248. The molecule has 3 N–H and O–H groups in total. The average molecular weight is 335 g/mol. The number of nitrogen functional groups attached to an aromatic ring is 1. The molecule has 1 unspecified atom stereocenters. The van der Waals surface area contributed by atoms with Crippen molar-refractivity contribution in [2.75, 3.05) is 5.73 Å². The maximum atomic E-state index is 13.4. The van der Waals surface area contributed by atoms with Gasteiger partial charge in [0.1, 0.15) is 0 Å². The first-order valence-corrected chi connectivity index (χ1v) is 6.29. The van der Waals surface area contributed by atoms with E-state index >= 15 is 0 Å². The number of hydrogen-bond donors (Lipinski definition) is 2. The summed E-state index contributed by atoms with van der Waals surface area (Å²) in [7, 11) is 0. The predicted octanol–water partition coefficient (Wildman–Crippen LogP) is 4.09. The zero-order valence-electron chi connectivity index (χ0n) is 11.4. The Morgan fingerprint density at radius 1 is 0.739 bits per heavy atom. The number of nitrogens with two attached hydrogens (primary N) is 1. The molecule has 2 nitrogen and oxygen atoms in total. The summed E-state index contributed by atoms with van der Waals surface area (Å²) in [5.41, 5.74) is -0.876. The molecule has 2 aromatic carbocycles. The van der Waals surface area contributed by atoms with Gasteiger partial charge in [-0.1, -0.05) is 24.3 Å². The zero-order chi connectivity index (χ0) is 17.5. The van der Waals surface area contributed by atoms with Gasteiger partial charge in [-0.25, -0.2) is 0 Å². The summed E-state index contributed by atoms with van der Waals surface area (Å²) in [6, 6.07) is 6.60. The van der Waals surface area contributed by atoms with Crippen molar-refractivity contribution >= 4 is 5.69 Å². The molecule has 1 atom stereocenters. The van der Waals surface area contributed by atoms with Gasteiger partial charge in [0.2, 0.25) is 5.60 Å². The van der Waals surface area contributed by atoms with Crippen LogP contribution in [-0.4, -0.2) is 11.3 Å². The van der Waals surface area contributed by atoms with Gasteiger partial charge in [0.05, 0.1) is 5.56 Å². The van der Waals surface area contributed by atoms with E-state index in [2.05, 4.69) is 0 Å². The molecule has 0 radical (unpaired) electrons. The third kappa shape index (κ3) is 3.12. The summed E-state index contributed by atoms with van der Waals surface area (Å²) in [5.74, 6) is 0. The quantitative estimate of drug-likeness (QED) is 0.641. The highest BCUT2D eigenvalue weighted by Crippen LogP contribution is 2.45. The number of halogens is 6. The van der Waals surface area contributed by atoms with Gasteiger partial charge in [-0.3, -0.25) is 0 Å². The van der Waals surface area contributed by atoms with Gasteiger partial charge >= 0.3 is 12.4 Å². The molecule has 0 saturated carbocycles. The fraction of sp³-hybridized carbons (Fsp3) is 0.200. The number of aliphatic hydroxyl groups is 1. The van der Waals surface area contributed by atoms with Crippen molar-refractivity contribution in [1.29, 1.82) is 0 Å². The summed E-state index contributed by atoms with van der Waals surface area (Å²) in [5, 5.41) is 10.2. The molecule has 0 amide bonds.